The highest BCUT2D eigenvalue weighted by Gasteiger charge is 2.18. The third-order valence-electron chi connectivity index (χ3n) is 4.24. The van der Waals surface area contributed by atoms with Gasteiger partial charge in [0.05, 0.1) is 0 Å². The molecule has 1 aliphatic rings. The molecule has 3 rings (SSSR count). The summed E-state index contributed by atoms with van der Waals surface area (Å²) < 4.78 is 28.8. The second kappa shape index (κ2) is 9.79. The molecule has 0 saturated carbocycles. The van der Waals surface area contributed by atoms with Gasteiger partial charge in [0.25, 0.3) is 0 Å². The van der Waals surface area contributed by atoms with Crippen molar-refractivity contribution in [2.24, 2.45) is 0 Å². The van der Waals surface area contributed by atoms with E-state index in [4.69, 9.17) is 0 Å². The van der Waals surface area contributed by atoms with Crippen molar-refractivity contribution in [2.75, 3.05) is 49.5 Å². The third-order valence-corrected chi connectivity index (χ3v) is 4.24. The molecule has 2 N–H and O–H groups in total. The number of hydrogen-bond donors (Lipinski definition) is 2. The first kappa shape index (κ1) is 19.7. The Morgan fingerprint density at radius 2 is 1.89 bits per heavy atom. The Bertz CT molecular complexity index is 757. The van der Waals surface area contributed by atoms with E-state index >= 15 is 0 Å². The van der Waals surface area contributed by atoms with Gasteiger partial charge in [0, 0.05) is 63.4 Å². The number of carbonyl (C=O) groups is 1. The molecule has 0 aliphatic carbocycles. The molecule has 2 heterocycles. The van der Waals surface area contributed by atoms with E-state index < -0.39 is 12.6 Å². The summed E-state index contributed by atoms with van der Waals surface area (Å²) in [5.41, 5.74) is 0.382. The number of ether oxygens (including phenoxy) is 1. The van der Waals surface area contributed by atoms with E-state index in [-0.39, 0.29) is 5.75 Å². The molecular weight excluding hydrogens is 370 g/mol. The third kappa shape index (κ3) is 6.02. The van der Waals surface area contributed by atoms with Gasteiger partial charge >= 0.3 is 12.6 Å². The second-order valence-corrected chi connectivity index (χ2v) is 6.16. The average Bonchev–Trinajstić information content (AvgIpc) is 2.69. The number of nitrogens with one attached hydrogen (secondary N) is 2. The smallest absolute Gasteiger partial charge is 0.387 e. The summed E-state index contributed by atoms with van der Waals surface area (Å²) in [6, 6.07) is 7.27. The van der Waals surface area contributed by atoms with Crippen LogP contribution in [0.1, 0.15) is 0 Å². The molecule has 2 amide bonds. The molecule has 0 spiro atoms. The van der Waals surface area contributed by atoms with Gasteiger partial charge in [-0.2, -0.15) is 8.78 Å². The molecule has 8 nitrogen and oxygen atoms in total. The summed E-state index contributed by atoms with van der Waals surface area (Å²) in [4.78, 5) is 24.9. The van der Waals surface area contributed by atoms with E-state index in [9.17, 15) is 13.6 Å². The van der Waals surface area contributed by atoms with Crippen molar-refractivity contribution in [1.29, 1.82) is 0 Å². The molecule has 2 aromatic rings. The minimum Gasteiger partial charge on any atom is -0.435 e. The molecule has 1 fully saturated rings. The Morgan fingerprint density at radius 3 is 2.61 bits per heavy atom. The second-order valence-electron chi connectivity index (χ2n) is 6.16. The van der Waals surface area contributed by atoms with Crippen LogP contribution in [-0.2, 0) is 0 Å². The number of urea groups is 1. The summed E-state index contributed by atoms with van der Waals surface area (Å²) >= 11 is 0. The normalized spacial score (nSPS) is 14.8. The average molecular weight is 392 g/mol. The SMILES string of the molecule is O=C(NCCN1CCN(c2ncccn2)CC1)Nc1cccc(OC(F)F)c1. The van der Waals surface area contributed by atoms with Crippen LogP contribution >= 0.6 is 0 Å². The molecule has 28 heavy (non-hydrogen) atoms. The number of piperazine rings is 1. The maximum atomic E-state index is 12.2. The first-order valence-corrected chi connectivity index (χ1v) is 8.94. The number of aromatic nitrogens is 2. The van der Waals surface area contributed by atoms with Gasteiger partial charge in [-0.1, -0.05) is 6.07 Å². The molecule has 0 radical (unpaired) electrons. The standard InChI is InChI=1S/C18H22F2N6O2/c19-16(20)28-15-4-1-3-14(13-15)24-18(27)23-7-8-25-9-11-26(12-10-25)17-21-5-2-6-22-17/h1-6,13,16H,7-12H2,(H2,23,24,27). The summed E-state index contributed by atoms with van der Waals surface area (Å²) in [6.45, 7) is 1.65. The monoisotopic (exact) mass is 392 g/mol. The lowest BCUT2D eigenvalue weighted by atomic mass is 10.3. The van der Waals surface area contributed by atoms with Gasteiger partial charge in [0.1, 0.15) is 5.75 Å². The van der Waals surface area contributed by atoms with Crippen molar-refractivity contribution < 1.29 is 18.3 Å². The Kier molecular flexibility index (Phi) is 6.90. The molecule has 1 aliphatic heterocycles. The number of alkyl halides is 2. The first-order valence-electron chi connectivity index (χ1n) is 8.94. The van der Waals surface area contributed by atoms with E-state index in [2.05, 4.69) is 35.1 Å². The summed E-state index contributed by atoms with van der Waals surface area (Å²) in [5, 5.41) is 5.37. The summed E-state index contributed by atoms with van der Waals surface area (Å²) in [6.07, 6.45) is 3.46. The van der Waals surface area contributed by atoms with Gasteiger partial charge in [0.15, 0.2) is 0 Å². The zero-order valence-corrected chi connectivity index (χ0v) is 15.2. The lowest BCUT2D eigenvalue weighted by Gasteiger charge is -2.34. The molecule has 0 atom stereocenters. The fourth-order valence-corrected chi connectivity index (χ4v) is 2.88. The number of benzene rings is 1. The number of rotatable bonds is 7. The van der Waals surface area contributed by atoms with E-state index in [0.717, 1.165) is 32.1 Å². The minimum absolute atomic E-state index is 0.00642. The fraction of sp³-hybridized carbons (Fsp3) is 0.389. The maximum Gasteiger partial charge on any atom is 0.387 e. The Labute approximate surface area is 161 Å². The van der Waals surface area contributed by atoms with Gasteiger partial charge in [-0.05, 0) is 18.2 Å². The van der Waals surface area contributed by atoms with Crippen LogP contribution in [0.15, 0.2) is 42.7 Å². The van der Waals surface area contributed by atoms with Crippen LogP contribution in [0.2, 0.25) is 0 Å². The predicted octanol–water partition coefficient (Wildman–Crippen LogP) is 2.02. The van der Waals surface area contributed by atoms with Crippen molar-refractivity contribution in [3.8, 4) is 5.75 Å². The van der Waals surface area contributed by atoms with E-state index in [1.165, 1.54) is 18.2 Å². The zero-order chi connectivity index (χ0) is 19.8. The highest BCUT2D eigenvalue weighted by Crippen LogP contribution is 2.19. The van der Waals surface area contributed by atoms with E-state index in [1.807, 2.05) is 0 Å². The van der Waals surface area contributed by atoms with Crippen LogP contribution in [-0.4, -0.2) is 66.8 Å². The summed E-state index contributed by atoms with van der Waals surface area (Å²) in [7, 11) is 0. The van der Waals surface area contributed by atoms with Crippen LogP contribution in [0.25, 0.3) is 0 Å². The lowest BCUT2D eigenvalue weighted by molar-refractivity contribution is -0.0497. The topological polar surface area (TPSA) is 82.6 Å². The van der Waals surface area contributed by atoms with Crippen molar-refractivity contribution >= 4 is 17.7 Å². The van der Waals surface area contributed by atoms with Crippen LogP contribution in [0, 0.1) is 0 Å². The Balaban J connectivity index is 1.36. The maximum absolute atomic E-state index is 12.2. The molecule has 1 aromatic carbocycles. The summed E-state index contributed by atoms with van der Waals surface area (Å²) in [5.74, 6) is 0.728. The van der Waals surface area contributed by atoms with Crippen LogP contribution in [0.5, 0.6) is 5.75 Å². The van der Waals surface area contributed by atoms with Crippen molar-refractivity contribution in [3.63, 3.8) is 0 Å². The van der Waals surface area contributed by atoms with Crippen molar-refractivity contribution in [1.82, 2.24) is 20.2 Å². The van der Waals surface area contributed by atoms with Crippen molar-refractivity contribution in [2.45, 2.75) is 6.61 Å². The largest absolute Gasteiger partial charge is 0.435 e. The predicted molar refractivity (Wildman–Crippen MR) is 101 cm³/mol. The van der Waals surface area contributed by atoms with E-state index in [1.54, 1.807) is 24.5 Å². The molecule has 1 saturated heterocycles. The number of carbonyl (C=O) groups excluding carboxylic acids is 1. The number of amides is 2. The number of nitrogens with zero attached hydrogens (tertiary/aromatic N) is 4. The highest BCUT2D eigenvalue weighted by atomic mass is 19.3. The van der Waals surface area contributed by atoms with Crippen molar-refractivity contribution in [3.05, 3.63) is 42.7 Å². The molecule has 150 valence electrons. The molecule has 0 bridgehead atoms. The van der Waals surface area contributed by atoms with Gasteiger partial charge in [-0.25, -0.2) is 14.8 Å². The Hall–Kier alpha value is -3.01. The van der Waals surface area contributed by atoms with Gasteiger partial charge in [-0.15, -0.1) is 0 Å². The minimum atomic E-state index is -2.90. The highest BCUT2D eigenvalue weighted by molar-refractivity contribution is 5.89. The lowest BCUT2D eigenvalue weighted by Crippen LogP contribution is -2.49. The van der Waals surface area contributed by atoms with Crippen LogP contribution in [0.4, 0.5) is 25.2 Å². The molecular formula is C18H22F2N6O2. The zero-order valence-electron chi connectivity index (χ0n) is 15.2. The first-order chi connectivity index (χ1) is 13.6. The molecule has 1 aromatic heterocycles. The van der Waals surface area contributed by atoms with Gasteiger partial charge < -0.3 is 20.3 Å². The molecule has 10 heteroatoms. The number of halogens is 2. The Morgan fingerprint density at radius 1 is 1.14 bits per heavy atom. The fourth-order valence-electron chi connectivity index (χ4n) is 2.88. The number of anilines is 2. The van der Waals surface area contributed by atoms with Crippen LogP contribution in [0.3, 0.4) is 0 Å². The molecule has 0 unspecified atom stereocenters. The number of hydrogen-bond acceptors (Lipinski definition) is 6. The van der Waals surface area contributed by atoms with Crippen LogP contribution < -0.4 is 20.3 Å². The van der Waals surface area contributed by atoms with Gasteiger partial charge in [-0.3, -0.25) is 4.90 Å². The quantitative estimate of drug-likeness (QED) is 0.750. The van der Waals surface area contributed by atoms with Gasteiger partial charge in [0.2, 0.25) is 5.95 Å². The van der Waals surface area contributed by atoms with E-state index in [0.29, 0.717) is 18.8 Å².